The Morgan fingerprint density at radius 2 is 1.76 bits per heavy atom. The summed E-state index contributed by atoms with van der Waals surface area (Å²) in [4.78, 5) is 11.9. The van der Waals surface area contributed by atoms with Crippen LogP contribution in [0.5, 0.6) is 0 Å². The topological polar surface area (TPSA) is 30.2 Å². The molecule has 1 aliphatic rings. The zero-order valence-corrected chi connectivity index (χ0v) is 9.61. The van der Waals surface area contributed by atoms with Crippen molar-refractivity contribution >= 4 is 5.78 Å². The molecule has 86 valence electrons. The van der Waals surface area contributed by atoms with E-state index in [-0.39, 0.29) is 5.78 Å². The molecule has 0 spiro atoms. The van der Waals surface area contributed by atoms with Gasteiger partial charge in [0.25, 0.3) is 0 Å². The summed E-state index contributed by atoms with van der Waals surface area (Å²) < 4.78 is 5.82. The van der Waals surface area contributed by atoms with Crippen molar-refractivity contribution in [1.82, 2.24) is 0 Å². The highest BCUT2D eigenvalue weighted by Crippen LogP contribution is 2.29. The normalized spacial score (nSPS) is 15.4. The number of Topliss-reactive ketones (excluding diaryl/α,β-unsaturated/α-hetero) is 1. The van der Waals surface area contributed by atoms with Gasteiger partial charge in [-0.3, -0.25) is 4.79 Å². The lowest BCUT2D eigenvalue weighted by atomic mass is 10.1. The van der Waals surface area contributed by atoms with Gasteiger partial charge in [-0.05, 0) is 18.9 Å². The molecule has 3 rings (SSSR count). The van der Waals surface area contributed by atoms with E-state index < -0.39 is 0 Å². The van der Waals surface area contributed by atoms with Gasteiger partial charge in [-0.15, -0.1) is 0 Å². The summed E-state index contributed by atoms with van der Waals surface area (Å²) in [6.45, 7) is 0. The fourth-order valence-corrected chi connectivity index (χ4v) is 2.30. The van der Waals surface area contributed by atoms with E-state index in [2.05, 4.69) is 0 Å². The fraction of sp³-hybridized carbons (Fsp3) is 0.267. The number of hydrogen-bond donors (Lipinski definition) is 0. The molecular weight excluding hydrogens is 212 g/mol. The highest BCUT2D eigenvalue weighted by atomic mass is 16.3. The lowest BCUT2D eigenvalue weighted by Gasteiger charge is -1.96. The van der Waals surface area contributed by atoms with E-state index in [1.165, 1.54) is 0 Å². The van der Waals surface area contributed by atoms with Gasteiger partial charge in [0.05, 0.1) is 5.56 Å². The molecule has 0 radical (unpaired) electrons. The number of aryl methyl sites for hydroxylation is 1. The minimum Gasteiger partial charge on any atom is -0.460 e. The van der Waals surface area contributed by atoms with Crippen LogP contribution in [-0.2, 0) is 6.42 Å². The van der Waals surface area contributed by atoms with E-state index in [1.54, 1.807) is 0 Å². The van der Waals surface area contributed by atoms with Crippen LogP contribution in [0, 0.1) is 0 Å². The third-order valence-corrected chi connectivity index (χ3v) is 3.23. The second-order valence-electron chi connectivity index (χ2n) is 4.44. The SMILES string of the molecule is O=C1CCCCc2oc(-c3ccccc3)cc21. The molecule has 2 nitrogen and oxygen atoms in total. The van der Waals surface area contributed by atoms with Crippen molar-refractivity contribution in [3.8, 4) is 11.3 Å². The largest absolute Gasteiger partial charge is 0.460 e. The van der Waals surface area contributed by atoms with Gasteiger partial charge in [0.1, 0.15) is 11.5 Å². The van der Waals surface area contributed by atoms with Gasteiger partial charge >= 0.3 is 0 Å². The van der Waals surface area contributed by atoms with E-state index in [4.69, 9.17) is 4.42 Å². The summed E-state index contributed by atoms with van der Waals surface area (Å²) in [5, 5.41) is 0. The number of fused-ring (bicyclic) bond motifs is 1. The lowest BCUT2D eigenvalue weighted by molar-refractivity contribution is 0.0981. The van der Waals surface area contributed by atoms with Crippen molar-refractivity contribution in [2.24, 2.45) is 0 Å². The molecule has 0 amide bonds. The maximum atomic E-state index is 11.9. The second-order valence-corrected chi connectivity index (χ2v) is 4.44. The van der Waals surface area contributed by atoms with E-state index in [1.807, 2.05) is 36.4 Å². The number of carbonyl (C=O) groups excluding carboxylic acids is 1. The van der Waals surface area contributed by atoms with Crippen molar-refractivity contribution in [2.75, 3.05) is 0 Å². The highest BCUT2D eigenvalue weighted by molar-refractivity contribution is 5.98. The molecule has 1 heterocycles. The molecule has 1 aromatic carbocycles. The predicted molar refractivity (Wildman–Crippen MR) is 66.0 cm³/mol. The minimum atomic E-state index is 0.225. The summed E-state index contributed by atoms with van der Waals surface area (Å²) in [5.41, 5.74) is 1.83. The Morgan fingerprint density at radius 3 is 2.59 bits per heavy atom. The summed E-state index contributed by atoms with van der Waals surface area (Å²) in [7, 11) is 0. The first-order chi connectivity index (χ1) is 8.34. The van der Waals surface area contributed by atoms with Crippen molar-refractivity contribution in [2.45, 2.75) is 25.7 Å². The Labute approximate surface area is 100 Å². The third kappa shape index (κ3) is 1.91. The van der Waals surface area contributed by atoms with Crippen LogP contribution < -0.4 is 0 Å². The Hall–Kier alpha value is -1.83. The average molecular weight is 226 g/mol. The highest BCUT2D eigenvalue weighted by Gasteiger charge is 2.20. The molecule has 0 bridgehead atoms. The molecular formula is C15H14O2. The first kappa shape index (κ1) is 10.3. The molecule has 0 saturated heterocycles. The molecule has 2 aromatic rings. The molecule has 0 saturated carbocycles. The zero-order chi connectivity index (χ0) is 11.7. The molecule has 0 atom stereocenters. The van der Waals surface area contributed by atoms with E-state index in [9.17, 15) is 4.79 Å². The Bertz CT molecular complexity index is 537. The number of furan rings is 1. The monoisotopic (exact) mass is 226 g/mol. The van der Waals surface area contributed by atoms with Gasteiger partial charge in [-0.2, -0.15) is 0 Å². The first-order valence-corrected chi connectivity index (χ1v) is 6.06. The molecule has 0 N–H and O–H groups in total. The van der Waals surface area contributed by atoms with Crippen LogP contribution in [-0.4, -0.2) is 5.78 Å². The maximum Gasteiger partial charge on any atom is 0.166 e. The number of ketones is 1. The van der Waals surface area contributed by atoms with Crippen LogP contribution in [0.25, 0.3) is 11.3 Å². The van der Waals surface area contributed by atoms with Gasteiger partial charge in [0.2, 0.25) is 0 Å². The lowest BCUT2D eigenvalue weighted by Crippen LogP contribution is -1.95. The van der Waals surface area contributed by atoms with Gasteiger partial charge in [0.15, 0.2) is 5.78 Å². The Balaban J connectivity index is 2.05. The van der Waals surface area contributed by atoms with E-state index in [0.717, 1.165) is 41.9 Å². The quantitative estimate of drug-likeness (QED) is 0.691. The Kier molecular flexibility index (Phi) is 2.56. The standard InChI is InChI=1S/C15H14O2/c16-13-8-4-5-9-14-12(13)10-15(17-14)11-6-2-1-3-7-11/h1-3,6-7,10H,4-5,8-9H2. The van der Waals surface area contributed by atoms with Crippen LogP contribution in [0.15, 0.2) is 40.8 Å². The second kappa shape index (κ2) is 4.21. The first-order valence-electron chi connectivity index (χ1n) is 6.06. The van der Waals surface area contributed by atoms with E-state index in [0.29, 0.717) is 6.42 Å². The van der Waals surface area contributed by atoms with Crippen LogP contribution in [0.4, 0.5) is 0 Å². The van der Waals surface area contributed by atoms with E-state index >= 15 is 0 Å². The van der Waals surface area contributed by atoms with Gasteiger partial charge < -0.3 is 4.42 Å². The number of benzene rings is 1. The van der Waals surface area contributed by atoms with Gasteiger partial charge in [-0.25, -0.2) is 0 Å². The average Bonchev–Trinajstić information content (AvgIpc) is 2.72. The Morgan fingerprint density at radius 1 is 1.00 bits per heavy atom. The van der Waals surface area contributed by atoms with Crippen LogP contribution in [0.2, 0.25) is 0 Å². The van der Waals surface area contributed by atoms with Crippen molar-refractivity contribution in [3.63, 3.8) is 0 Å². The molecule has 17 heavy (non-hydrogen) atoms. The summed E-state index contributed by atoms with van der Waals surface area (Å²) in [6.07, 6.45) is 3.55. The van der Waals surface area contributed by atoms with Gasteiger partial charge in [0, 0.05) is 18.4 Å². The molecule has 1 aromatic heterocycles. The third-order valence-electron chi connectivity index (χ3n) is 3.23. The molecule has 1 aliphatic carbocycles. The van der Waals surface area contributed by atoms with Crippen molar-refractivity contribution in [1.29, 1.82) is 0 Å². The smallest absolute Gasteiger partial charge is 0.166 e. The molecule has 2 heteroatoms. The van der Waals surface area contributed by atoms with Gasteiger partial charge in [-0.1, -0.05) is 30.3 Å². The summed E-state index contributed by atoms with van der Waals surface area (Å²) in [5.74, 6) is 1.90. The van der Waals surface area contributed by atoms with Crippen molar-refractivity contribution < 1.29 is 9.21 Å². The summed E-state index contributed by atoms with van der Waals surface area (Å²) in [6, 6.07) is 11.8. The fourth-order valence-electron chi connectivity index (χ4n) is 2.30. The molecule has 0 aliphatic heterocycles. The zero-order valence-electron chi connectivity index (χ0n) is 9.61. The number of hydrogen-bond acceptors (Lipinski definition) is 2. The van der Waals surface area contributed by atoms with Crippen LogP contribution in [0.1, 0.15) is 35.4 Å². The molecule has 0 unspecified atom stereocenters. The van der Waals surface area contributed by atoms with Crippen LogP contribution in [0.3, 0.4) is 0 Å². The van der Waals surface area contributed by atoms with Crippen LogP contribution >= 0.6 is 0 Å². The van der Waals surface area contributed by atoms with Crippen molar-refractivity contribution in [3.05, 3.63) is 47.7 Å². The summed E-state index contributed by atoms with van der Waals surface area (Å²) >= 11 is 0. The number of carbonyl (C=O) groups is 1. The minimum absolute atomic E-state index is 0.225. The molecule has 0 fully saturated rings. The maximum absolute atomic E-state index is 11.9. The number of rotatable bonds is 1. The predicted octanol–water partition coefficient (Wildman–Crippen LogP) is 3.86.